The van der Waals surface area contributed by atoms with Gasteiger partial charge in [0.1, 0.15) is 5.60 Å². The lowest BCUT2D eigenvalue weighted by Gasteiger charge is -2.22. The Hall–Kier alpha value is -1.30. The number of ether oxygens (including phenoxy) is 2. The van der Waals surface area contributed by atoms with Crippen molar-refractivity contribution in [2.75, 3.05) is 19.8 Å². The number of hydrogen-bond acceptors (Lipinski definition) is 4. The molecule has 2 unspecified atom stereocenters. The van der Waals surface area contributed by atoms with Crippen molar-refractivity contribution >= 4 is 12.1 Å². The van der Waals surface area contributed by atoms with E-state index in [0.29, 0.717) is 19.6 Å². The minimum Gasteiger partial charge on any atom is -0.481 e. The molecule has 0 radical (unpaired) electrons. The molecule has 1 aliphatic rings. The van der Waals surface area contributed by atoms with E-state index in [9.17, 15) is 9.59 Å². The van der Waals surface area contributed by atoms with Crippen molar-refractivity contribution in [2.45, 2.75) is 32.8 Å². The van der Waals surface area contributed by atoms with Crippen LogP contribution in [0.15, 0.2) is 0 Å². The Morgan fingerprint density at radius 1 is 1.50 bits per heavy atom. The molecule has 1 rings (SSSR count). The van der Waals surface area contributed by atoms with Crippen molar-refractivity contribution in [2.24, 2.45) is 11.8 Å². The number of nitrogens with one attached hydrogen (secondary N) is 1. The minimum absolute atomic E-state index is 0.0440. The maximum Gasteiger partial charge on any atom is 0.407 e. The number of carboxylic acid groups (broad SMARTS) is 1. The first kappa shape index (κ1) is 14.8. The van der Waals surface area contributed by atoms with E-state index in [0.717, 1.165) is 0 Å². The molecule has 0 bridgehead atoms. The number of aliphatic carboxylic acids is 1. The zero-order valence-electron chi connectivity index (χ0n) is 11.1. The number of amides is 1. The van der Waals surface area contributed by atoms with Gasteiger partial charge in [-0.15, -0.1) is 0 Å². The van der Waals surface area contributed by atoms with Crippen LogP contribution in [0.25, 0.3) is 0 Å². The molecular formula is C12H21NO5. The largest absolute Gasteiger partial charge is 0.481 e. The van der Waals surface area contributed by atoms with Crippen molar-refractivity contribution in [3.8, 4) is 0 Å². The van der Waals surface area contributed by atoms with Gasteiger partial charge in [-0.25, -0.2) is 4.79 Å². The second-order valence-corrected chi connectivity index (χ2v) is 5.45. The Labute approximate surface area is 107 Å². The van der Waals surface area contributed by atoms with Gasteiger partial charge in [-0.2, -0.15) is 0 Å². The zero-order chi connectivity index (χ0) is 13.8. The highest BCUT2D eigenvalue weighted by Crippen LogP contribution is 2.22. The Morgan fingerprint density at radius 3 is 2.61 bits per heavy atom. The number of rotatable bonds is 4. The standard InChI is InChI=1S/C12H21NO5/c1-12(2,3)18-11(16)13-6-9(10(14)15)8-4-5-17-7-8/h8-9H,4-7H2,1-3H3,(H,13,16)(H,14,15). The van der Waals surface area contributed by atoms with Crippen LogP contribution >= 0.6 is 0 Å². The van der Waals surface area contributed by atoms with Crippen molar-refractivity contribution in [3.05, 3.63) is 0 Å². The average molecular weight is 259 g/mol. The molecule has 0 spiro atoms. The lowest BCUT2D eigenvalue weighted by molar-refractivity contribution is -0.143. The van der Waals surface area contributed by atoms with Gasteiger partial charge in [0.25, 0.3) is 0 Å². The molecule has 2 N–H and O–H groups in total. The number of hydrogen-bond donors (Lipinski definition) is 2. The quantitative estimate of drug-likeness (QED) is 0.793. The Morgan fingerprint density at radius 2 is 2.17 bits per heavy atom. The maximum absolute atomic E-state index is 11.4. The van der Waals surface area contributed by atoms with Crippen molar-refractivity contribution in [1.29, 1.82) is 0 Å². The molecule has 2 atom stereocenters. The second kappa shape index (κ2) is 6.04. The van der Waals surface area contributed by atoms with Crippen LogP contribution in [-0.4, -0.2) is 42.5 Å². The fourth-order valence-electron chi connectivity index (χ4n) is 1.83. The lowest BCUT2D eigenvalue weighted by Crippen LogP contribution is -2.39. The molecule has 0 aliphatic carbocycles. The first-order valence-electron chi connectivity index (χ1n) is 6.07. The van der Waals surface area contributed by atoms with Crippen LogP contribution in [0.5, 0.6) is 0 Å². The van der Waals surface area contributed by atoms with Gasteiger partial charge in [-0.05, 0) is 33.1 Å². The van der Waals surface area contributed by atoms with E-state index in [4.69, 9.17) is 14.6 Å². The van der Waals surface area contributed by atoms with Gasteiger partial charge >= 0.3 is 12.1 Å². The van der Waals surface area contributed by atoms with Crippen molar-refractivity contribution < 1.29 is 24.2 Å². The summed E-state index contributed by atoms with van der Waals surface area (Å²) in [5.41, 5.74) is -0.584. The van der Waals surface area contributed by atoms with E-state index < -0.39 is 23.6 Å². The Balaban J connectivity index is 2.42. The molecule has 0 aromatic heterocycles. The number of carbonyl (C=O) groups excluding carboxylic acids is 1. The molecule has 1 aliphatic heterocycles. The summed E-state index contributed by atoms with van der Waals surface area (Å²) in [6, 6.07) is 0. The van der Waals surface area contributed by atoms with E-state index in [1.165, 1.54) is 0 Å². The first-order valence-corrected chi connectivity index (χ1v) is 6.07. The predicted octanol–water partition coefficient (Wildman–Crippen LogP) is 1.25. The first-order chi connectivity index (χ1) is 8.29. The summed E-state index contributed by atoms with van der Waals surface area (Å²) in [6.07, 6.45) is 0.125. The normalized spacial score (nSPS) is 21.4. The molecule has 0 aromatic rings. The predicted molar refractivity (Wildman–Crippen MR) is 64.3 cm³/mol. The van der Waals surface area contributed by atoms with Gasteiger partial charge in [-0.1, -0.05) is 0 Å². The fourth-order valence-corrected chi connectivity index (χ4v) is 1.83. The summed E-state index contributed by atoms with van der Waals surface area (Å²) in [7, 11) is 0. The number of carboxylic acids is 1. The van der Waals surface area contributed by atoms with Gasteiger partial charge in [0, 0.05) is 13.2 Å². The minimum atomic E-state index is -0.915. The average Bonchev–Trinajstić information content (AvgIpc) is 2.67. The molecule has 1 saturated heterocycles. The van der Waals surface area contributed by atoms with E-state index in [1.54, 1.807) is 20.8 Å². The third kappa shape index (κ3) is 4.91. The SMILES string of the molecule is CC(C)(C)OC(=O)NCC(C(=O)O)C1CCOC1. The van der Waals surface area contributed by atoms with E-state index in [-0.39, 0.29) is 12.5 Å². The van der Waals surface area contributed by atoms with Crippen LogP contribution in [0.4, 0.5) is 4.79 Å². The molecule has 1 amide bonds. The summed E-state index contributed by atoms with van der Waals surface area (Å²) < 4.78 is 10.2. The van der Waals surface area contributed by atoms with Crippen LogP contribution in [-0.2, 0) is 14.3 Å². The molecule has 104 valence electrons. The highest BCUT2D eigenvalue weighted by atomic mass is 16.6. The third-order valence-corrected chi connectivity index (χ3v) is 2.72. The molecule has 0 aromatic carbocycles. The van der Waals surface area contributed by atoms with Crippen LogP contribution in [0.1, 0.15) is 27.2 Å². The van der Waals surface area contributed by atoms with Crippen LogP contribution in [0.2, 0.25) is 0 Å². The third-order valence-electron chi connectivity index (χ3n) is 2.72. The molecular weight excluding hydrogens is 238 g/mol. The van der Waals surface area contributed by atoms with Gasteiger partial charge < -0.3 is 19.9 Å². The smallest absolute Gasteiger partial charge is 0.407 e. The monoisotopic (exact) mass is 259 g/mol. The topological polar surface area (TPSA) is 84.9 Å². The zero-order valence-corrected chi connectivity index (χ0v) is 11.1. The summed E-state index contributed by atoms with van der Waals surface area (Å²) >= 11 is 0. The van der Waals surface area contributed by atoms with Gasteiger partial charge in [0.15, 0.2) is 0 Å². The van der Waals surface area contributed by atoms with Gasteiger partial charge in [-0.3, -0.25) is 4.79 Å². The molecule has 6 heteroatoms. The summed E-state index contributed by atoms with van der Waals surface area (Å²) in [6.45, 7) is 6.36. The fraction of sp³-hybridized carbons (Fsp3) is 0.833. The highest BCUT2D eigenvalue weighted by Gasteiger charge is 2.31. The van der Waals surface area contributed by atoms with Gasteiger partial charge in [0.05, 0.1) is 12.5 Å². The molecule has 1 heterocycles. The van der Waals surface area contributed by atoms with E-state index in [1.807, 2.05) is 0 Å². The van der Waals surface area contributed by atoms with Crippen molar-refractivity contribution in [1.82, 2.24) is 5.32 Å². The summed E-state index contributed by atoms with van der Waals surface area (Å²) in [4.78, 5) is 22.6. The van der Waals surface area contributed by atoms with Crippen molar-refractivity contribution in [3.63, 3.8) is 0 Å². The Bertz CT molecular complexity index is 304. The molecule has 18 heavy (non-hydrogen) atoms. The molecule has 1 fully saturated rings. The maximum atomic E-state index is 11.4. The van der Waals surface area contributed by atoms with Gasteiger partial charge in [0.2, 0.25) is 0 Å². The highest BCUT2D eigenvalue weighted by molar-refractivity contribution is 5.73. The summed E-state index contributed by atoms with van der Waals surface area (Å²) in [5, 5.41) is 11.6. The second-order valence-electron chi connectivity index (χ2n) is 5.45. The van der Waals surface area contributed by atoms with Crippen LogP contribution in [0.3, 0.4) is 0 Å². The van der Waals surface area contributed by atoms with Crippen LogP contribution < -0.4 is 5.32 Å². The number of carbonyl (C=O) groups is 2. The lowest BCUT2D eigenvalue weighted by atomic mass is 9.92. The molecule has 0 saturated carbocycles. The molecule has 6 nitrogen and oxygen atoms in total. The summed E-state index contributed by atoms with van der Waals surface area (Å²) in [5.74, 6) is -1.58. The van der Waals surface area contributed by atoms with E-state index >= 15 is 0 Å². The Kier molecular flexibility index (Phi) is 4.95. The van der Waals surface area contributed by atoms with Crippen LogP contribution in [0, 0.1) is 11.8 Å². The van der Waals surface area contributed by atoms with E-state index in [2.05, 4.69) is 5.32 Å². The number of alkyl carbamates (subject to hydrolysis) is 1.